The summed E-state index contributed by atoms with van der Waals surface area (Å²) in [5.41, 5.74) is 2.62. The molecule has 0 fully saturated rings. The third kappa shape index (κ3) is 7.15. The van der Waals surface area contributed by atoms with E-state index in [0.29, 0.717) is 29.1 Å². The maximum atomic E-state index is 12.9. The van der Waals surface area contributed by atoms with Gasteiger partial charge in [0.1, 0.15) is 5.75 Å². The van der Waals surface area contributed by atoms with Gasteiger partial charge in [0.25, 0.3) is 11.8 Å². The molecular formula is C27H29N3O3S. The number of hydrogen-bond donors (Lipinski definition) is 2. The maximum Gasteiger partial charge on any atom is 0.257 e. The maximum absolute atomic E-state index is 12.9. The summed E-state index contributed by atoms with van der Waals surface area (Å²) in [5.74, 6) is 0.175. The molecule has 0 aromatic heterocycles. The van der Waals surface area contributed by atoms with Gasteiger partial charge >= 0.3 is 0 Å². The van der Waals surface area contributed by atoms with Crippen molar-refractivity contribution in [3.8, 4) is 5.75 Å². The first-order valence-corrected chi connectivity index (χ1v) is 11.5. The summed E-state index contributed by atoms with van der Waals surface area (Å²) < 4.78 is 5.78. The van der Waals surface area contributed by atoms with Gasteiger partial charge in [0, 0.05) is 30.4 Å². The van der Waals surface area contributed by atoms with Gasteiger partial charge in [0.2, 0.25) is 0 Å². The Bertz CT molecular complexity index is 1150. The minimum absolute atomic E-state index is 0.0581. The predicted octanol–water partition coefficient (Wildman–Crippen LogP) is 5.26. The zero-order chi connectivity index (χ0) is 24.5. The highest BCUT2D eigenvalue weighted by Gasteiger charge is 2.14. The SMILES string of the molecule is CCC(C)Oc1cccc(C(=O)NC(=S)Nc2cccc(C(=O)N(C)Cc3ccccc3)c2)c1. The van der Waals surface area contributed by atoms with Crippen molar-refractivity contribution in [1.82, 2.24) is 10.2 Å². The topological polar surface area (TPSA) is 70.7 Å². The van der Waals surface area contributed by atoms with Crippen LogP contribution >= 0.6 is 12.2 Å². The first-order chi connectivity index (χ1) is 16.4. The molecule has 0 saturated carbocycles. The van der Waals surface area contributed by atoms with Crippen molar-refractivity contribution in [3.05, 3.63) is 95.6 Å². The molecular weight excluding hydrogens is 446 g/mol. The number of rotatable bonds is 8. The zero-order valence-electron chi connectivity index (χ0n) is 19.6. The molecule has 6 nitrogen and oxygen atoms in total. The standard InChI is InChI=1S/C27H29N3O3S/c1-4-19(2)33-24-15-9-12-21(17-24)25(31)29-27(34)28-23-14-8-13-22(16-23)26(32)30(3)18-20-10-6-5-7-11-20/h5-17,19H,4,18H2,1-3H3,(H2,28,29,31,34). The number of benzene rings is 3. The average molecular weight is 476 g/mol. The van der Waals surface area contributed by atoms with Crippen LogP contribution in [0.3, 0.4) is 0 Å². The first-order valence-electron chi connectivity index (χ1n) is 11.1. The van der Waals surface area contributed by atoms with E-state index in [0.717, 1.165) is 12.0 Å². The molecule has 3 aromatic rings. The number of thiocarbonyl (C=S) groups is 1. The minimum Gasteiger partial charge on any atom is -0.491 e. The Kier molecular flexibility index (Phi) is 8.76. The molecule has 0 aliphatic rings. The van der Waals surface area contributed by atoms with Crippen LogP contribution < -0.4 is 15.4 Å². The minimum atomic E-state index is -0.345. The highest BCUT2D eigenvalue weighted by molar-refractivity contribution is 7.80. The summed E-state index contributed by atoms with van der Waals surface area (Å²) >= 11 is 5.31. The molecule has 7 heteroatoms. The molecule has 176 valence electrons. The van der Waals surface area contributed by atoms with Gasteiger partial charge in [-0.2, -0.15) is 0 Å². The Balaban J connectivity index is 1.60. The molecule has 0 radical (unpaired) electrons. The third-order valence-corrected chi connectivity index (χ3v) is 5.42. The lowest BCUT2D eigenvalue weighted by Crippen LogP contribution is -2.34. The summed E-state index contributed by atoms with van der Waals surface area (Å²) in [7, 11) is 1.76. The third-order valence-electron chi connectivity index (χ3n) is 5.21. The van der Waals surface area contributed by atoms with Crippen molar-refractivity contribution in [2.24, 2.45) is 0 Å². The van der Waals surface area contributed by atoms with Gasteiger partial charge in [-0.3, -0.25) is 14.9 Å². The summed E-state index contributed by atoms with van der Waals surface area (Å²) in [6.45, 7) is 4.52. The zero-order valence-corrected chi connectivity index (χ0v) is 20.4. The molecule has 3 aromatic carbocycles. The van der Waals surface area contributed by atoms with Crippen LogP contribution in [0.2, 0.25) is 0 Å². The van der Waals surface area contributed by atoms with E-state index in [-0.39, 0.29) is 23.0 Å². The van der Waals surface area contributed by atoms with Crippen molar-refractivity contribution < 1.29 is 14.3 Å². The van der Waals surface area contributed by atoms with E-state index in [1.807, 2.05) is 50.2 Å². The van der Waals surface area contributed by atoms with E-state index >= 15 is 0 Å². The van der Waals surface area contributed by atoms with Crippen LogP contribution in [0.15, 0.2) is 78.9 Å². The average Bonchev–Trinajstić information content (AvgIpc) is 2.84. The van der Waals surface area contributed by atoms with Gasteiger partial charge in [0.05, 0.1) is 6.10 Å². The van der Waals surface area contributed by atoms with Gasteiger partial charge in [-0.05, 0) is 67.5 Å². The van der Waals surface area contributed by atoms with Gasteiger partial charge in [0.15, 0.2) is 5.11 Å². The molecule has 2 amide bonds. The lowest BCUT2D eigenvalue weighted by atomic mass is 10.1. The number of ether oxygens (including phenoxy) is 1. The van der Waals surface area contributed by atoms with Crippen LogP contribution in [-0.4, -0.2) is 35.0 Å². The van der Waals surface area contributed by atoms with Gasteiger partial charge in [-0.1, -0.05) is 49.4 Å². The first kappa shape index (κ1) is 24.9. The Morgan fingerprint density at radius 1 is 0.971 bits per heavy atom. The van der Waals surface area contributed by atoms with Crippen molar-refractivity contribution in [2.75, 3.05) is 12.4 Å². The van der Waals surface area contributed by atoms with Crippen molar-refractivity contribution in [2.45, 2.75) is 32.9 Å². The molecule has 0 bridgehead atoms. The van der Waals surface area contributed by atoms with Crippen LogP contribution in [0, 0.1) is 0 Å². The molecule has 3 rings (SSSR count). The van der Waals surface area contributed by atoms with E-state index in [4.69, 9.17) is 17.0 Å². The Morgan fingerprint density at radius 3 is 2.41 bits per heavy atom. The lowest BCUT2D eigenvalue weighted by Gasteiger charge is -2.18. The van der Waals surface area contributed by atoms with Crippen molar-refractivity contribution in [1.29, 1.82) is 0 Å². The summed E-state index contributed by atoms with van der Waals surface area (Å²) in [6.07, 6.45) is 0.927. The summed E-state index contributed by atoms with van der Waals surface area (Å²) in [4.78, 5) is 27.2. The molecule has 1 atom stereocenters. The van der Waals surface area contributed by atoms with E-state index in [2.05, 4.69) is 10.6 Å². The monoisotopic (exact) mass is 475 g/mol. The fourth-order valence-electron chi connectivity index (χ4n) is 3.24. The van der Waals surface area contributed by atoms with Crippen molar-refractivity contribution in [3.63, 3.8) is 0 Å². The van der Waals surface area contributed by atoms with Crippen LogP contribution in [0.1, 0.15) is 46.5 Å². The second kappa shape index (κ2) is 12.0. The van der Waals surface area contributed by atoms with Crippen LogP contribution in [0.25, 0.3) is 0 Å². The molecule has 0 aliphatic carbocycles. The second-order valence-electron chi connectivity index (χ2n) is 8.00. The molecule has 0 spiro atoms. The van der Waals surface area contributed by atoms with Crippen LogP contribution in [-0.2, 0) is 6.54 Å². The fourth-order valence-corrected chi connectivity index (χ4v) is 3.45. The Morgan fingerprint density at radius 2 is 1.68 bits per heavy atom. The highest BCUT2D eigenvalue weighted by Crippen LogP contribution is 2.17. The number of anilines is 1. The number of nitrogens with zero attached hydrogens (tertiary/aromatic N) is 1. The number of carbonyl (C=O) groups excluding carboxylic acids is 2. The summed E-state index contributed by atoms with van der Waals surface area (Å²) in [5, 5.41) is 5.79. The second-order valence-corrected chi connectivity index (χ2v) is 8.41. The molecule has 2 N–H and O–H groups in total. The highest BCUT2D eigenvalue weighted by atomic mass is 32.1. The molecule has 0 heterocycles. The van der Waals surface area contributed by atoms with Crippen LogP contribution in [0.5, 0.6) is 5.75 Å². The normalized spacial score (nSPS) is 11.3. The largest absolute Gasteiger partial charge is 0.491 e. The van der Waals surface area contributed by atoms with E-state index in [1.165, 1.54) is 0 Å². The van der Waals surface area contributed by atoms with Gasteiger partial charge in [-0.15, -0.1) is 0 Å². The van der Waals surface area contributed by atoms with E-state index in [1.54, 1.807) is 54.4 Å². The fraction of sp³-hybridized carbons (Fsp3) is 0.222. The molecule has 34 heavy (non-hydrogen) atoms. The molecule has 0 aliphatic heterocycles. The Hall–Kier alpha value is -3.71. The van der Waals surface area contributed by atoms with E-state index < -0.39 is 0 Å². The quantitative estimate of drug-likeness (QED) is 0.435. The number of hydrogen-bond acceptors (Lipinski definition) is 4. The Labute approximate surface area is 205 Å². The lowest BCUT2D eigenvalue weighted by molar-refractivity contribution is 0.0785. The molecule has 0 saturated heterocycles. The predicted molar refractivity (Wildman–Crippen MR) is 139 cm³/mol. The number of amides is 2. The van der Waals surface area contributed by atoms with Crippen molar-refractivity contribution >= 4 is 34.8 Å². The van der Waals surface area contributed by atoms with Gasteiger partial charge < -0.3 is 15.0 Å². The number of carbonyl (C=O) groups is 2. The smallest absolute Gasteiger partial charge is 0.257 e. The van der Waals surface area contributed by atoms with Gasteiger partial charge in [-0.25, -0.2) is 0 Å². The molecule has 1 unspecified atom stereocenters. The summed E-state index contributed by atoms with van der Waals surface area (Å²) in [6, 6.07) is 23.8. The number of nitrogens with one attached hydrogen (secondary N) is 2. The van der Waals surface area contributed by atoms with Crippen LogP contribution in [0.4, 0.5) is 5.69 Å². The van der Waals surface area contributed by atoms with E-state index in [9.17, 15) is 9.59 Å².